The predicted molar refractivity (Wildman–Crippen MR) is 64.1 cm³/mol. The molecule has 0 aliphatic heterocycles. The van der Waals surface area contributed by atoms with Gasteiger partial charge < -0.3 is 5.11 Å². The lowest BCUT2D eigenvalue weighted by molar-refractivity contribution is 0.0283. The summed E-state index contributed by atoms with van der Waals surface area (Å²) in [4.78, 5) is 4.50. The first kappa shape index (κ1) is 10.6. The summed E-state index contributed by atoms with van der Waals surface area (Å²) >= 11 is 1.59. The number of nitrogens with zero attached hydrogens (tertiary/aromatic N) is 1. The number of benzene rings is 1. The number of fused-ring (bicyclic) bond motifs is 1. The van der Waals surface area contributed by atoms with Crippen molar-refractivity contribution in [1.82, 2.24) is 4.98 Å². The molecule has 0 saturated heterocycles. The maximum atomic E-state index is 10.3. The third-order valence-electron chi connectivity index (χ3n) is 2.86. The Labute approximate surface area is 93.6 Å². The first-order chi connectivity index (χ1) is 7.19. The fraction of sp³-hybridized carbons (Fsp3) is 0.417. The zero-order valence-corrected chi connectivity index (χ0v) is 9.84. The van der Waals surface area contributed by atoms with Gasteiger partial charge in [-0.05, 0) is 25.0 Å². The van der Waals surface area contributed by atoms with E-state index in [1.165, 1.54) is 0 Å². The summed E-state index contributed by atoms with van der Waals surface area (Å²) in [6.07, 6.45) is 1.42. The van der Waals surface area contributed by atoms with Crippen LogP contribution in [0.4, 0.5) is 0 Å². The Hall–Kier alpha value is -0.930. The van der Waals surface area contributed by atoms with Crippen molar-refractivity contribution in [3.8, 4) is 0 Å². The summed E-state index contributed by atoms with van der Waals surface area (Å²) in [5.41, 5.74) is 0.238. The van der Waals surface area contributed by atoms with Crippen molar-refractivity contribution < 1.29 is 5.11 Å². The molecule has 15 heavy (non-hydrogen) atoms. The molecule has 0 amide bonds. The average Bonchev–Trinajstić information content (AvgIpc) is 2.72. The fourth-order valence-electron chi connectivity index (χ4n) is 1.62. The minimum Gasteiger partial charge on any atom is -0.383 e. The Morgan fingerprint density at radius 2 is 1.93 bits per heavy atom. The highest BCUT2D eigenvalue weighted by atomic mass is 32.1. The Bertz CT molecular complexity index is 426. The molecule has 3 heteroatoms. The highest BCUT2D eigenvalue weighted by Gasteiger charge is 2.28. The summed E-state index contributed by atoms with van der Waals surface area (Å²) in [5.74, 6) is 0. The zero-order chi connectivity index (χ0) is 10.9. The molecule has 0 atom stereocenters. The van der Waals surface area contributed by atoms with E-state index in [2.05, 4.69) is 4.98 Å². The van der Waals surface area contributed by atoms with E-state index in [1.54, 1.807) is 11.3 Å². The number of para-hydroxylation sites is 1. The van der Waals surface area contributed by atoms with Gasteiger partial charge in [-0.3, -0.25) is 0 Å². The van der Waals surface area contributed by atoms with Crippen LogP contribution in [0.5, 0.6) is 0 Å². The van der Waals surface area contributed by atoms with Crippen molar-refractivity contribution in [2.75, 3.05) is 0 Å². The van der Waals surface area contributed by atoms with Gasteiger partial charge in [0.05, 0.1) is 10.2 Å². The third-order valence-corrected chi connectivity index (χ3v) is 4.09. The molecule has 0 aliphatic rings. The summed E-state index contributed by atoms with van der Waals surface area (Å²) in [6, 6.07) is 8.01. The maximum absolute atomic E-state index is 10.3. The number of rotatable bonds is 3. The molecule has 0 spiro atoms. The molecule has 2 aromatic rings. The number of hydrogen-bond donors (Lipinski definition) is 1. The Morgan fingerprint density at radius 1 is 1.27 bits per heavy atom. The van der Waals surface area contributed by atoms with Crippen LogP contribution in [0.25, 0.3) is 10.2 Å². The summed E-state index contributed by atoms with van der Waals surface area (Å²) < 4.78 is 1.15. The SMILES string of the molecule is CCC(O)(CC)c1nc2ccccc2s1. The van der Waals surface area contributed by atoms with E-state index in [1.807, 2.05) is 38.1 Å². The van der Waals surface area contributed by atoms with E-state index in [4.69, 9.17) is 0 Å². The molecule has 80 valence electrons. The molecule has 0 unspecified atom stereocenters. The smallest absolute Gasteiger partial charge is 0.126 e. The lowest BCUT2D eigenvalue weighted by atomic mass is 9.99. The van der Waals surface area contributed by atoms with Gasteiger partial charge in [0.25, 0.3) is 0 Å². The van der Waals surface area contributed by atoms with Crippen molar-refractivity contribution >= 4 is 21.6 Å². The van der Waals surface area contributed by atoms with Crippen molar-refractivity contribution in [1.29, 1.82) is 0 Å². The van der Waals surface area contributed by atoms with E-state index in [0.717, 1.165) is 15.2 Å². The van der Waals surface area contributed by atoms with Gasteiger partial charge in [-0.1, -0.05) is 26.0 Å². The van der Waals surface area contributed by atoms with E-state index in [-0.39, 0.29) is 0 Å². The van der Waals surface area contributed by atoms with Gasteiger partial charge in [-0.25, -0.2) is 4.98 Å². The summed E-state index contributed by atoms with van der Waals surface area (Å²) in [5, 5.41) is 11.2. The van der Waals surface area contributed by atoms with Crippen molar-refractivity contribution in [3.63, 3.8) is 0 Å². The van der Waals surface area contributed by atoms with Gasteiger partial charge >= 0.3 is 0 Å². The molecule has 1 aromatic carbocycles. The van der Waals surface area contributed by atoms with Gasteiger partial charge in [0, 0.05) is 0 Å². The van der Waals surface area contributed by atoms with Gasteiger partial charge in [0.2, 0.25) is 0 Å². The molecule has 2 nitrogen and oxygen atoms in total. The highest BCUT2D eigenvalue weighted by molar-refractivity contribution is 7.18. The lowest BCUT2D eigenvalue weighted by Gasteiger charge is -2.21. The van der Waals surface area contributed by atoms with Crippen molar-refractivity contribution in [2.24, 2.45) is 0 Å². The molecule has 0 fully saturated rings. The van der Waals surface area contributed by atoms with Crippen LogP contribution >= 0.6 is 11.3 Å². The van der Waals surface area contributed by atoms with Crippen LogP contribution in [0, 0.1) is 0 Å². The molecule has 1 heterocycles. The molecule has 0 radical (unpaired) electrons. The Balaban J connectivity index is 2.52. The second-order valence-corrected chi connectivity index (χ2v) is 4.76. The second kappa shape index (κ2) is 3.91. The lowest BCUT2D eigenvalue weighted by Crippen LogP contribution is -2.22. The van der Waals surface area contributed by atoms with Gasteiger partial charge in [-0.2, -0.15) is 0 Å². The number of hydrogen-bond acceptors (Lipinski definition) is 3. The van der Waals surface area contributed by atoms with E-state index >= 15 is 0 Å². The summed E-state index contributed by atoms with van der Waals surface area (Å²) in [6.45, 7) is 3.99. The fourth-order valence-corrected chi connectivity index (χ4v) is 2.82. The normalized spacial score (nSPS) is 12.2. The van der Waals surface area contributed by atoms with Crippen molar-refractivity contribution in [2.45, 2.75) is 32.3 Å². The van der Waals surface area contributed by atoms with Gasteiger partial charge in [-0.15, -0.1) is 11.3 Å². The number of thiazole rings is 1. The zero-order valence-electron chi connectivity index (χ0n) is 9.03. The summed E-state index contributed by atoms with van der Waals surface area (Å²) in [7, 11) is 0. The highest BCUT2D eigenvalue weighted by Crippen LogP contribution is 2.34. The van der Waals surface area contributed by atoms with Crippen LogP contribution in [-0.4, -0.2) is 10.1 Å². The van der Waals surface area contributed by atoms with Crippen molar-refractivity contribution in [3.05, 3.63) is 29.3 Å². The maximum Gasteiger partial charge on any atom is 0.126 e. The van der Waals surface area contributed by atoms with Crippen LogP contribution in [0.2, 0.25) is 0 Å². The Morgan fingerprint density at radius 3 is 2.53 bits per heavy atom. The molecule has 1 aromatic heterocycles. The molecule has 0 aliphatic carbocycles. The molecule has 2 rings (SSSR count). The van der Waals surface area contributed by atoms with Crippen LogP contribution in [0.1, 0.15) is 31.7 Å². The standard InChI is InChI=1S/C12H15NOS/c1-3-12(14,4-2)11-13-9-7-5-6-8-10(9)15-11/h5-8,14H,3-4H2,1-2H3. The molecular formula is C12H15NOS. The van der Waals surface area contributed by atoms with Crippen LogP contribution in [0.3, 0.4) is 0 Å². The first-order valence-corrected chi connectivity index (χ1v) is 6.09. The topological polar surface area (TPSA) is 33.1 Å². The quantitative estimate of drug-likeness (QED) is 0.862. The van der Waals surface area contributed by atoms with E-state index < -0.39 is 5.60 Å². The number of aromatic nitrogens is 1. The largest absolute Gasteiger partial charge is 0.383 e. The minimum atomic E-state index is -0.746. The van der Waals surface area contributed by atoms with Crippen LogP contribution in [0.15, 0.2) is 24.3 Å². The monoisotopic (exact) mass is 221 g/mol. The molecular weight excluding hydrogens is 206 g/mol. The van der Waals surface area contributed by atoms with E-state index in [9.17, 15) is 5.11 Å². The average molecular weight is 221 g/mol. The first-order valence-electron chi connectivity index (χ1n) is 5.28. The molecule has 1 N–H and O–H groups in total. The van der Waals surface area contributed by atoms with Gasteiger partial charge in [0.15, 0.2) is 0 Å². The molecule has 0 bridgehead atoms. The van der Waals surface area contributed by atoms with Crippen LogP contribution in [-0.2, 0) is 5.60 Å². The third kappa shape index (κ3) is 1.77. The minimum absolute atomic E-state index is 0.712. The van der Waals surface area contributed by atoms with Gasteiger partial charge in [0.1, 0.15) is 10.6 Å². The van der Waals surface area contributed by atoms with Crippen LogP contribution < -0.4 is 0 Å². The second-order valence-electron chi connectivity index (χ2n) is 3.73. The molecule has 0 saturated carbocycles. The predicted octanol–water partition coefficient (Wildman–Crippen LogP) is 3.30. The van der Waals surface area contributed by atoms with E-state index in [0.29, 0.717) is 12.8 Å². The number of aliphatic hydroxyl groups is 1. The Kier molecular flexibility index (Phi) is 2.76.